The van der Waals surface area contributed by atoms with Crippen LogP contribution in [0.5, 0.6) is 0 Å². The van der Waals surface area contributed by atoms with Gasteiger partial charge in [0.2, 0.25) is 0 Å². The largest absolute Gasteiger partial charge is 0.365 e. The van der Waals surface area contributed by atoms with E-state index in [0.717, 1.165) is 22.5 Å². The van der Waals surface area contributed by atoms with Crippen LogP contribution in [0.3, 0.4) is 0 Å². The summed E-state index contributed by atoms with van der Waals surface area (Å²) in [5.74, 6) is 0.888. The minimum absolute atomic E-state index is 0.00248. The monoisotopic (exact) mass is 269 g/mol. The highest BCUT2D eigenvalue weighted by Gasteiger charge is 2.14. The van der Waals surface area contributed by atoms with Crippen molar-refractivity contribution >= 4 is 5.82 Å². The summed E-state index contributed by atoms with van der Waals surface area (Å²) >= 11 is 0. The first-order valence-electron chi connectivity index (χ1n) is 6.92. The Morgan fingerprint density at radius 2 is 1.80 bits per heavy atom. The lowest BCUT2D eigenvalue weighted by Gasteiger charge is -2.22. The summed E-state index contributed by atoms with van der Waals surface area (Å²) in [5.41, 5.74) is 9.66. The summed E-state index contributed by atoms with van der Waals surface area (Å²) in [6.45, 7) is 8.43. The van der Waals surface area contributed by atoms with E-state index in [4.69, 9.17) is 5.73 Å². The Morgan fingerprint density at radius 3 is 2.35 bits per heavy atom. The number of pyridine rings is 1. The zero-order chi connectivity index (χ0) is 14.8. The third kappa shape index (κ3) is 3.58. The molecule has 2 rings (SSSR count). The van der Waals surface area contributed by atoms with Crippen molar-refractivity contribution in [2.45, 2.75) is 39.3 Å². The number of anilines is 1. The first kappa shape index (κ1) is 14.5. The van der Waals surface area contributed by atoms with Crippen LogP contribution in [-0.4, -0.2) is 10.5 Å². The molecule has 0 unspecified atom stereocenters. The minimum atomic E-state index is -0.132. The predicted molar refractivity (Wildman–Crippen MR) is 84.8 cm³/mol. The molecule has 0 amide bonds. The third-order valence-electron chi connectivity index (χ3n) is 3.15. The van der Waals surface area contributed by atoms with Crippen LogP contribution in [0, 0.1) is 6.92 Å². The van der Waals surface area contributed by atoms with Crippen molar-refractivity contribution in [2.75, 3.05) is 5.32 Å². The molecular weight excluding hydrogens is 246 g/mol. The smallest absolute Gasteiger partial charge is 0.126 e. The number of nitrogens with two attached hydrogens (primary N) is 1. The van der Waals surface area contributed by atoms with Crippen LogP contribution in [0.4, 0.5) is 5.82 Å². The molecular formula is C17H23N3. The molecule has 1 aromatic heterocycles. The highest BCUT2D eigenvalue weighted by Crippen LogP contribution is 2.24. The Hall–Kier alpha value is -1.87. The second-order valence-electron chi connectivity index (χ2n) is 6.19. The molecule has 20 heavy (non-hydrogen) atoms. The number of hydrogen-bond donors (Lipinski definition) is 2. The second kappa shape index (κ2) is 5.63. The van der Waals surface area contributed by atoms with Gasteiger partial charge in [-0.05, 0) is 50.5 Å². The fraction of sp³-hybridized carbons (Fsp3) is 0.353. The number of benzene rings is 1. The van der Waals surface area contributed by atoms with Gasteiger partial charge in [0.1, 0.15) is 5.82 Å². The highest BCUT2D eigenvalue weighted by molar-refractivity contribution is 5.45. The summed E-state index contributed by atoms with van der Waals surface area (Å²) in [4.78, 5) is 4.48. The van der Waals surface area contributed by atoms with Crippen molar-refractivity contribution in [3.8, 4) is 0 Å². The van der Waals surface area contributed by atoms with E-state index in [1.807, 2.05) is 36.5 Å². The van der Waals surface area contributed by atoms with Crippen molar-refractivity contribution in [3.05, 3.63) is 59.3 Å². The van der Waals surface area contributed by atoms with E-state index in [1.54, 1.807) is 0 Å². The van der Waals surface area contributed by atoms with Crippen LogP contribution < -0.4 is 11.1 Å². The third-order valence-corrected chi connectivity index (χ3v) is 3.15. The van der Waals surface area contributed by atoms with Crippen molar-refractivity contribution in [2.24, 2.45) is 5.73 Å². The van der Waals surface area contributed by atoms with Gasteiger partial charge in [0, 0.05) is 11.7 Å². The maximum atomic E-state index is 6.33. The number of nitrogens with one attached hydrogen (secondary N) is 1. The zero-order valence-electron chi connectivity index (χ0n) is 12.6. The molecule has 2 aromatic rings. The summed E-state index contributed by atoms with van der Waals surface area (Å²) in [5, 5.41) is 3.38. The Labute approximate surface area is 121 Å². The van der Waals surface area contributed by atoms with Gasteiger partial charge in [-0.1, -0.05) is 30.3 Å². The lowest BCUT2D eigenvalue weighted by atomic mass is 9.97. The molecule has 0 spiro atoms. The van der Waals surface area contributed by atoms with E-state index in [9.17, 15) is 0 Å². The summed E-state index contributed by atoms with van der Waals surface area (Å²) < 4.78 is 0. The molecule has 1 atom stereocenters. The van der Waals surface area contributed by atoms with E-state index in [1.165, 1.54) is 0 Å². The van der Waals surface area contributed by atoms with E-state index < -0.39 is 0 Å². The van der Waals surface area contributed by atoms with Gasteiger partial charge < -0.3 is 11.1 Å². The van der Waals surface area contributed by atoms with Crippen molar-refractivity contribution < 1.29 is 0 Å². The average Bonchev–Trinajstić information content (AvgIpc) is 2.37. The minimum Gasteiger partial charge on any atom is -0.365 e. The van der Waals surface area contributed by atoms with Crippen LogP contribution in [0.15, 0.2) is 42.6 Å². The average molecular weight is 269 g/mol. The Kier molecular flexibility index (Phi) is 4.09. The van der Waals surface area contributed by atoms with E-state index in [0.29, 0.717) is 0 Å². The maximum absolute atomic E-state index is 6.33. The molecule has 0 fully saturated rings. The molecule has 0 aliphatic rings. The SMILES string of the molecule is Cc1cc(NC(C)(C)C)ncc1[C@@H](N)c1ccccc1. The molecule has 3 nitrogen and oxygen atoms in total. The molecule has 0 bridgehead atoms. The molecule has 3 heteroatoms. The molecule has 1 heterocycles. The van der Waals surface area contributed by atoms with Gasteiger partial charge in [0.05, 0.1) is 6.04 Å². The second-order valence-corrected chi connectivity index (χ2v) is 6.19. The van der Waals surface area contributed by atoms with Crippen molar-refractivity contribution in [1.82, 2.24) is 4.98 Å². The van der Waals surface area contributed by atoms with Gasteiger partial charge in [0.15, 0.2) is 0 Å². The maximum Gasteiger partial charge on any atom is 0.126 e. The summed E-state index contributed by atoms with van der Waals surface area (Å²) in [7, 11) is 0. The number of nitrogens with zero attached hydrogens (tertiary/aromatic N) is 1. The molecule has 1 aromatic carbocycles. The molecule has 3 N–H and O–H groups in total. The Morgan fingerprint density at radius 1 is 1.15 bits per heavy atom. The highest BCUT2D eigenvalue weighted by atomic mass is 15.0. The quantitative estimate of drug-likeness (QED) is 0.894. The fourth-order valence-electron chi connectivity index (χ4n) is 2.18. The van der Waals surface area contributed by atoms with E-state index in [-0.39, 0.29) is 11.6 Å². The number of aromatic nitrogens is 1. The van der Waals surface area contributed by atoms with Gasteiger partial charge in [-0.3, -0.25) is 0 Å². The topological polar surface area (TPSA) is 50.9 Å². The lowest BCUT2D eigenvalue weighted by molar-refractivity contribution is 0.630. The van der Waals surface area contributed by atoms with Gasteiger partial charge >= 0.3 is 0 Å². The van der Waals surface area contributed by atoms with Crippen LogP contribution in [0.25, 0.3) is 0 Å². The number of rotatable bonds is 3. The number of hydrogen-bond acceptors (Lipinski definition) is 3. The summed E-state index contributed by atoms with van der Waals surface area (Å²) in [6, 6.07) is 12.0. The predicted octanol–water partition coefficient (Wildman–Crippen LogP) is 3.65. The van der Waals surface area contributed by atoms with Crippen LogP contribution in [-0.2, 0) is 0 Å². The van der Waals surface area contributed by atoms with Crippen molar-refractivity contribution in [1.29, 1.82) is 0 Å². The molecule has 0 aliphatic carbocycles. The van der Waals surface area contributed by atoms with Crippen LogP contribution in [0.1, 0.15) is 43.5 Å². The molecule has 106 valence electrons. The molecule has 0 radical (unpaired) electrons. The standard InChI is InChI=1S/C17H23N3/c1-12-10-15(20-17(2,3)4)19-11-14(12)16(18)13-8-6-5-7-9-13/h5-11,16H,18H2,1-4H3,(H,19,20)/t16-/m0/s1. The zero-order valence-corrected chi connectivity index (χ0v) is 12.6. The first-order chi connectivity index (χ1) is 9.37. The van der Waals surface area contributed by atoms with Crippen molar-refractivity contribution in [3.63, 3.8) is 0 Å². The van der Waals surface area contributed by atoms with E-state index >= 15 is 0 Å². The van der Waals surface area contributed by atoms with Gasteiger partial charge in [-0.25, -0.2) is 4.98 Å². The number of aryl methyl sites for hydroxylation is 1. The lowest BCUT2D eigenvalue weighted by Crippen LogP contribution is -2.27. The Balaban J connectivity index is 2.26. The molecule has 0 aliphatic heterocycles. The summed E-state index contributed by atoms with van der Waals surface area (Å²) in [6.07, 6.45) is 1.88. The molecule has 0 saturated carbocycles. The first-order valence-corrected chi connectivity index (χ1v) is 6.92. The Bertz CT molecular complexity index is 571. The van der Waals surface area contributed by atoms with Crippen LogP contribution >= 0.6 is 0 Å². The van der Waals surface area contributed by atoms with E-state index in [2.05, 4.69) is 44.1 Å². The normalized spacial score (nSPS) is 13.1. The van der Waals surface area contributed by atoms with Gasteiger partial charge in [-0.15, -0.1) is 0 Å². The van der Waals surface area contributed by atoms with Gasteiger partial charge in [0.25, 0.3) is 0 Å². The fourth-order valence-corrected chi connectivity index (χ4v) is 2.18. The molecule has 0 saturated heterocycles. The van der Waals surface area contributed by atoms with Crippen LogP contribution in [0.2, 0.25) is 0 Å². The van der Waals surface area contributed by atoms with Gasteiger partial charge in [-0.2, -0.15) is 0 Å².